The normalized spacial score (nSPS) is 14.8. The van der Waals surface area contributed by atoms with E-state index < -0.39 is 0 Å². The Hall–Kier alpha value is -1.90. The predicted molar refractivity (Wildman–Crippen MR) is 99.2 cm³/mol. The molecule has 1 heterocycles. The van der Waals surface area contributed by atoms with E-state index in [1.807, 2.05) is 37.2 Å². The predicted octanol–water partition coefficient (Wildman–Crippen LogP) is 0.194. The first kappa shape index (κ1) is 18.4. The summed E-state index contributed by atoms with van der Waals surface area (Å²) in [4.78, 5) is 16.4. The molecule has 1 aliphatic rings. The molecule has 0 unspecified atom stereocenters. The summed E-state index contributed by atoms with van der Waals surface area (Å²) in [6, 6.07) is 7.38. The monoisotopic (exact) mass is 351 g/mol. The maximum atomic E-state index is 12.1. The summed E-state index contributed by atoms with van der Waals surface area (Å²) in [5, 5.41) is 3.48. The van der Waals surface area contributed by atoms with Crippen molar-refractivity contribution in [1.29, 1.82) is 0 Å². The van der Waals surface area contributed by atoms with Crippen molar-refractivity contribution < 1.29 is 9.53 Å². The Morgan fingerprint density at radius 1 is 1.29 bits per heavy atom. The lowest BCUT2D eigenvalue weighted by molar-refractivity contribution is 0.0389. The van der Waals surface area contributed by atoms with Gasteiger partial charge in [0.2, 0.25) is 0 Å². The first-order valence-electron chi connectivity index (χ1n) is 7.98. The van der Waals surface area contributed by atoms with E-state index in [4.69, 9.17) is 17.0 Å². The maximum Gasteiger partial charge on any atom is 0.269 e. The number of anilines is 1. The lowest BCUT2D eigenvalue weighted by atomic mass is 10.2. The number of hydrogen-bond donors (Lipinski definition) is 3. The summed E-state index contributed by atoms with van der Waals surface area (Å²) in [5.74, 6) is -0.226. The van der Waals surface area contributed by atoms with Crippen LogP contribution in [-0.4, -0.2) is 69.4 Å². The molecule has 8 heteroatoms. The average molecular weight is 351 g/mol. The third kappa shape index (κ3) is 5.95. The Morgan fingerprint density at radius 3 is 2.75 bits per heavy atom. The highest BCUT2D eigenvalue weighted by atomic mass is 32.1. The third-order valence-corrected chi connectivity index (χ3v) is 3.98. The van der Waals surface area contributed by atoms with E-state index in [2.05, 4.69) is 21.1 Å². The van der Waals surface area contributed by atoms with Crippen LogP contribution < -0.4 is 21.1 Å². The van der Waals surface area contributed by atoms with Crippen LogP contribution in [-0.2, 0) is 4.74 Å². The summed E-state index contributed by atoms with van der Waals surface area (Å²) in [7, 11) is 3.87. The third-order valence-electron chi connectivity index (χ3n) is 3.73. The largest absolute Gasteiger partial charge is 0.379 e. The smallest absolute Gasteiger partial charge is 0.269 e. The molecule has 1 saturated heterocycles. The van der Waals surface area contributed by atoms with Crippen LogP contribution in [0.4, 0.5) is 5.69 Å². The van der Waals surface area contributed by atoms with Gasteiger partial charge in [-0.25, -0.2) is 0 Å². The van der Waals surface area contributed by atoms with Gasteiger partial charge < -0.3 is 15.0 Å². The van der Waals surface area contributed by atoms with Crippen molar-refractivity contribution in [2.24, 2.45) is 0 Å². The van der Waals surface area contributed by atoms with E-state index in [0.717, 1.165) is 45.1 Å². The highest BCUT2D eigenvalue weighted by Crippen LogP contribution is 2.12. The summed E-state index contributed by atoms with van der Waals surface area (Å²) >= 11 is 5.17. The Labute approximate surface area is 148 Å². The highest BCUT2D eigenvalue weighted by molar-refractivity contribution is 7.80. The van der Waals surface area contributed by atoms with Crippen molar-refractivity contribution in [3.63, 3.8) is 0 Å². The number of amides is 1. The molecule has 3 N–H and O–H groups in total. The number of morpholine rings is 1. The minimum atomic E-state index is -0.226. The molecule has 0 radical (unpaired) electrons. The number of benzene rings is 1. The van der Waals surface area contributed by atoms with E-state index in [-0.39, 0.29) is 5.91 Å². The molecule has 1 aliphatic heterocycles. The Morgan fingerprint density at radius 2 is 2.04 bits per heavy atom. The number of carbonyl (C=O) groups is 1. The zero-order chi connectivity index (χ0) is 17.4. The number of nitrogens with one attached hydrogen (secondary N) is 3. The SMILES string of the molecule is CN(C)c1cccc(C(=O)NNC(=S)NCCN2CCOCC2)c1. The van der Waals surface area contributed by atoms with Crippen molar-refractivity contribution in [3.05, 3.63) is 29.8 Å². The van der Waals surface area contributed by atoms with E-state index in [1.54, 1.807) is 6.07 Å². The van der Waals surface area contributed by atoms with Crippen molar-refractivity contribution in [2.45, 2.75) is 0 Å². The van der Waals surface area contributed by atoms with Gasteiger partial charge in [-0.15, -0.1) is 0 Å². The molecule has 0 aliphatic carbocycles. The number of rotatable bonds is 5. The fourth-order valence-electron chi connectivity index (χ4n) is 2.31. The summed E-state index contributed by atoms with van der Waals surface area (Å²) in [5.41, 5.74) is 6.88. The maximum absolute atomic E-state index is 12.1. The molecule has 0 bridgehead atoms. The molecule has 0 aromatic heterocycles. The minimum absolute atomic E-state index is 0.226. The fourth-order valence-corrected chi connectivity index (χ4v) is 2.46. The molecule has 2 rings (SSSR count). The summed E-state index contributed by atoms with van der Waals surface area (Å²) in [6.07, 6.45) is 0. The summed E-state index contributed by atoms with van der Waals surface area (Å²) < 4.78 is 5.31. The lowest BCUT2D eigenvalue weighted by Gasteiger charge is -2.26. The molecule has 132 valence electrons. The van der Waals surface area contributed by atoms with Gasteiger partial charge in [0.1, 0.15) is 0 Å². The Balaban J connectivity index is 1.69. The Bertz CT molecular complexity index is 561. The van der Waals surface area contributed by atoms with Crippen LogP contribution in [0, 0.1) is 0 Å². The van der Waals surface area contributed by atoms with E-state index >= 15 is 0 Å². The quantitative estimate of drug-likeness (QED) is 0.517. The molecular formula is C16H25N5O2S. The number of hydrazine groups is 1. The molecule has 0 spiro atoms. The zero-order valence-corrected chi connectivity index (χ0v) is 15.0. The molecule has 7 nitrogen and oxygen atoms in total. The first-order chi connectivity index (χ1) is 11.6. The van der Waals surface area contributed by atoms with Crippen LogP contribution in [0.5, 0.6) is 0 Å². The van der Waals surface area contributed by atoms with Gasteiger partial charge in [-0.1, -0.05) is 6.07 Å². The molecule has 1 aromatic rings. The van der Waals surface area contributed by atoms with Gasteiger partial charge in [0.25, 0.3) is 5.91 Å². The van der Waals surface area contributed by atoms with Crippen molar-refractivity contribution in [3.8, 4) is 0 Å². The van der Waals surface area contributed by atoms with Gasteiger partial charge >= 0.3 is 0 Å². The van der Waals surface area contributed by atoms with Gasteiger partial charge in [0, 0.05) is 51.5 Å². The molecular weight excluding hydrogens is 326 g/mol. The van der Waals surface area contributed by atoms with Crippen LogP contribution in [0.15, 0.2) is 24.3 Å². The van der Waals surface area contributed by atoms with Crippen molar-refractivity contribution in [2.75, 3.05) is 58.4 Å². The second-order valence-electron chi connectivity index (χ2n) is 5.73. The Kier molecular flexibility index (Phi) is 7.23. The lowest BCUT2D eigenvalue weighted by Crippen LogP contribution is -2.49. The standard InChI is InChI=1S/C16H25N5O2S/c1-20(2)14-5-3-4-13(12-14)15(22)18-19-16(24)17-6-7-21-8-10-23-11-9-21/h3-5,12H,6-11H2,1-2H3,(H,18,22)(H2,17,19,24). The zero-order valence-electron chi connectivity index (χ0n) is 14.2. The second-order valence-corrected chi connectivity index (χ2v) is 6.14. The van der Waals surface area contributed by atoms with Gasteiger partial charge in [0.05, 0.1) is 13.2 Å². The van der Waals surface area contributed by atoms with Crippen LogP contribution in [0.2, 0.25) is 0 Å². The van der Waals surface area contributed by atoms with Crippen LogP contribution in [0.3, 0.4) is 0 Å². The van der Waals surface area contributed by atoms with Gasteiger partial charge in [-0.2, -0.15) is 0 Å². The van der Waals surface area contributed by atoms with E-state index in [0.29, 0.717) is 10.7 Å². The number of ether oxygens (including phenoxy) is 1. The van der Waals surface area contributed by atoms with E-state index in [1.165, 1.54) is 0 Å². The number of nitrogens with zero attached hydrogens (tertiary/aromatic N) is 2. The molecule has 1 amide bonds. The summed E-state index contributed by atoms with van der Waals surface area (Å²) in [6.45, 7) is 5.07. The molecule has 24 heavy (non-hydrogen) atoms. The first-order valence-corrected chi connectivity index (χ1v) is 8.39. The van der Waals surface area contributed by atoms with Crippen LogP contribution >= 0.6 is 12.2 Å². The number of carbonyl (C=O) groups excluding carboxylic acids is 1. The minimum Gasteiger partial charge on any atom is -0.379 e. The molecule has 0 atom stereocenters. The highest BCUT2D eigenvalue weighted by Gasteiger charge is 2.10. The van der Waals surface area contributed by atoms with Crippen molar-refractivity contribution >= 4 is 28.9 Å². The molecule has 1 aromatic carbocycles. The number of thiocarbonyl (C=S) groups is 1. The molecule has 1 fully saturated rings. The van der Waals surface area contributed by atoms with Gasteiger partial charge in [0.15, 0.2) is 5.11 Å². The fraction of sp³-hybridized carbons (Fsp3) is 0.500. The van der Waals surface area contributed by atoms with Gasteiger partial charge in [-0.05, 0) is 30.4 Å². The van der Waals surface area contributed by atoms with Crippen LogP contribution in [0.25, 0.3) is 0 Å². The van der Waals surface area contributed by atoms with Crippen LogP contribution in [0.1, 0.15) is 10.4 Å². The molecule has 0 saturated carbocycles. The average Bonchev–Trinajstić information content (AvgIpc) is 2.60. The topological polar surface area (TPSA) is 68.9 Å². The second kappa shape index (κ2) is 9.41. The number of hydrogen-bond acceptors (Lipinski definition) is 5. The van der Waals surface area contributed by atoms with E-state index in [9.17, 15) is 4.79 Å². The van der Waals surface area contributed by atoms with Gasteiger partial charge in [-0.3, -0.25) is 20.5 Å². The van der Waals surface area contributed by atoms with Crippen molar-refractivity contribution in [1.82, 2.24) is 21.1 Å².